The van der Waals surface area contributed by atoms with Crippen molar-refractivity contribution in [1.29, 1.82) is 0 Å². The van der Waals surface area contributed by atoms with Crippen molar-refractivity contribution in [3.63, 3.8) is 0 Å². The SMILES string of the molecule is CCCCNC(=O)CSc1nnc(Nc2cccc(OC)c2)s1. The Hall–Kier alpha value is -1.80. The molecule has 8 heteroatoms. The molecule has 2 aromatic rings. The summed E-state index contributed by atoms with van der Waals surface area (Å²) in [7, 11) is 1.63. The predicted octanol–water partition coefficient (Wildman–Crippen LogP) is 3.30. The van der Waals surface area contributed by atoms with Gasteiger partial charge < -0.3 is 15.4 Å². The van der Waals surface area contributed by atoms with E-state index in [1.165, 1.54) is 23.1 Å². The maximum Gasteiger partial charge on any atom is 0.230 e. The average Bonchev–Trinajstić information content (AvgIpc) is 3.01. The minimum Gasteiger partial charge on any atom is -0.497 e. The van der Waals surface area contributed by atoms with Crippen LogP contribution < -0.4 is 15.4 Å². The van der Waals surface area contributed by atoms with Crippen LogP contribution >= 0.6 is 23.1 Å². The van der Waals surface area contributed by atoms with Gasteiger partial charge in [-0.3, -0.25) is 4.79 Å². The summed E-state index contributed by atoms with van der Waals surface area (Å²) in [6.45, 7) is 2.83. The molecule has 0 aliphatic carbocycles. The molecule has 0 saturated heterocycles. The second-order valence-electron chi connectivity index (χ2n) is 4.72. The van der Waals surface area contributed by atoms with Gasteiger partial charge in [-0.1, -0.05) is 42.5 Å². The number of methoxy groups -OCH3 is 1. The Labute approximate surface area is 144 Å². The van der Waals surface area contributed by atoms with E-state index in [1.807, 2.05) is 24.3 Å². The molecular formula is C15H20N4O2S2. The van der Waals surface area contributed by atoms with Gasteiger partial charge in [0.15, 0.2) is 4.34 Å². The van der Waals surface area contributed by atoms with Crippen LogP contribution in [0.25, 0.3) is 0 Å². The van der Waals surface area contributed by atoms with Crippen LogP contribution in [0.1, 0.15) is 19.8 Å². The van der Waals surface area contributed by atoms with Gasteiger partial charge in [0.05, 0.1) is 12.9 Å². The highest BCUT2D eigenvalue weighted by molar-refractivity contribution is 8.01. The zero-order valence-electron chi connectivity index (χ0n) is 13.2. The van der Waals surface area contributed by atoms with Gasteiger partial charge in [-0.2, -0.15) is 0 Å². The van der Waals surface area contributed by atoms with Gasteiger partial charge in [0, 0.05) is 18.3 Å². The van der Waals surface area contributed by atoms with Crippen LogP contribution in [0.2, 0.25) is 0 Å². The van der Waals surface area contributed by atoms with Crippen LogP contribution in [-0.4, -0.2) is 35.5 Å². The number of carbonyl (C=O) groups excluding carboxylic acids is 1. The Balaban J connectivity index is 1.82. The topological polar surface area (TPSA) is 76.1 Å². The molecule has 0 atom stereocenters. The molecule has 2 rings (SSSR count). The molecule has 23 heavy (non-hydrogen) atoms. The van der Waals surface area contributed by atoms with E-state index in [0.29, 0.717) is 10.9 Å². The van der Waals surface area contributed by atoms with Crippen LogP contribution in [0.3, 0.4) is 0 Å². The Kier molecular flexibility index (Phi) is 7.15. The monoisotopic (exact) mass is 352 g/mol. The summed E-state index contributed by atoms with van der Waals surface area (Å²) >= 11 is 2.81. The van der Waals surface area contributed by atoms with Gasteiger partial charge in [-0.15, -0.1) is 10.2 Å². The van der Waals surface area contributed by atoms with Crippen LogP contribution in [0.4, 0.5) is 10.8 Å². The van der Waals surface area contributed by atoms with Gasteiger partial charge in [0.25, 0.3) is 0 Å². The van der Waals surface area contributed by atoms with E-state index in [9.17, 15) is 4.79 Å². The smallest absolute Gasteiger partial charge is 0.230 e. The number of unbranched alkanes of at least 4 members (excludes halogenated alkanes) is 1. The second kappa shape index (κ2) is 9.36. The summed E-state index contributed by atoms with van der Waals surface area (Å²) in [5.41, 5.74) is 0.884. The second-order valence-corrected chi connectivity index (χ2v) is 6.92. The van der Waals surface area contributed by atoms with Crippen molar-refractivity contribution < 1.29 is 9.53 Å². The quantitative estimate of drug-likeness (QED) is 0.533. The number of nitrogens with one attached hydrogen (secondary N) is 2. The molecule has 1 amide bonds. The highest BCUT2D eigenvalue weighted by atomic mass is 32.2. The maximum absolute atomic E-state index is 11.7. The molecule has 0 spiro atoms. The fourth-order valence-electron chi connectivity index (χ4n) is 1.73. The number of rotatable bonds is 9. The van der Waals surface area contributed by atoms with Crippen LogP contribution in [0, 0.1) is 0 Å². The van der Waals surface area contributed by atoms with E-state index in [0.717, 1.165) is 35.2 Å². The third-order valence-corrected chi connectivity index (χ3v) is 4.88. The Morgan fingerprint density at radius 1 is 1.39 bits per heavy atom. The largest absolute Gasteiger partial charge is 0.497 e. The lowest BCUT2D eigenvalue weighted by Crippen LogP contribution is -2.25. The summed E-state index contributed by atoms with van der Waals surface area (Å²) in [5, 5.41) is 14.9. The Bertz CT molecular complexity index is 633. The maximum atomic E-state index is 11.7. The number of amides is 1. The first-order valence-corrected chi connectivity index (χ1v) is 9.15. The van der Waals surface area contributed by atoms with E-state index < -0.39 is 0 Å². The number of carbonyl (C=O) groups is 1. The van der Waals surface area contributed by atoms with E-state index >= 15 is 0 Å². The van der Waals surface area contributed by atoms with Gasteiger partial charge in [0.1, 0.15) is 5.75 Å². The fourth-order valence-corrected chi connectivity index (χ4v) is 3.33. The number of aromatic nitrogens is 2. The first-order chi connectivity index (χ1) is 11.2. The highest BCUT2D eigenvalue weighted by Gasteiger charge is 2.08. The minimum absolute atomic E-state index is 0.0287. The van der Waals surface area contributed by atoms with Crippen molar-refractivity contribution >= 4 is 39.8 Å². The molecule has 0 radical (unpaired) electrons. The van der Waals surface area contributed by atoms with Crippen LogP contribution in [0.5, 0.6) is 5.75 Å². The van der Waals surface area contributed by atoms with E-state index in [-0.39, 0.29) is 5.91 Å². The van der Waals surface area contributed by atoms with Crippen molar-refractivity contribution in [1.82, 2.24) is 15.5 Å². The summed E-state index contributed by atoms with van der Waals surface area (Å²) in [6.07, 6.45) is 2.08. The number of hydrogen-bond acceptors (Lipinski definition) is 7. The summed E-state index contributed by atoms with van der Waals surface area (Å²) in [5.74, 6) is 1.16. The molecule has 0 aliphatic heterocycles. The van der Waals surface area contributed by atoms with Gasteiger partial charge >= 0.3 is 0 Å². The first kappa shape index (κ1) is 17.6. The Morgan fingerprint density at radius 2 is 2.26 bits per heavy atom. The van der Waals surface area contributed by atoms with E-state index in [2.05, 4.69) is 27.8 Å². The third kappa shape index (κ3) is 6.07. The minimum atomic E-state index is 0.0287. The molecule has 124 valence electrons. The fraction of sp³-hybridized carbons (Fsp3) is 0.400. The molecule has 6 nitrogen and oxygen atoms in total. The predicted molar refractivity (Wildman–Crippen MR) is 94.8 cm³/mol. The number of thioether (sulfide) groups is 1. The number of nitrogens with zero attached hydrogens (tertiary/aromatic N) is 2. The number of benzene rings is 1. The highest BCUT2D eigenvalue weighted by Crippen LogP contribution is 2.28. The zero-order chi connectivity index (χ0) is 16.5. The lowest BCUT2D eigenvalue weighted by Gasteiger charge is -2.04. The van der Waals surface area contributed by atoms with Gasteiger partial charge in [0.2, 0.25) is 11.0 Å². The lowest BCUT2D eigenvalue weighted by atomic mass is 10.3. The molecule has 0 fully saturated rings. The normalized spacial score (nSPS) is 10.3. The van der Waals surface area contributed by atoms with Crippen LogP contribution in [-0.2, 0) is 4.79 Å². The molecule has 0 unspecified atom stereocenters. The Morgan fingerprint density at radius 3 is 3.04 bits per heavy atom. The van der Waals surface area contributed by atoms with Crippen molar-refractivity contribution in [3.8, 4) is 5.75 Å². The molecule has 0 aliphatic rings. The van der Waals surface area contributed by atoms with Crippen molar-refractivity contribution in [2.45, 2.75) is 24.1 Å². The molecule has 1 aromatic heterocycles. The molecular weight excluding hydrogens is 332 g/mol. The first-order valence-electron chi connectivity index (χ1n) is 7.35. The molecule has 0 saturated carbocycles. The van der Waals surface area contributed by atoms with E-state index in [1.54, 1.807) is 7.11 Å². The standard InChI is InChI=1S/C15H20N4O2S2/c1-3-4-8-16-13(20)10-22-15-19-18-14(23-15)17-11-6-5-7-12(9-11)21-2/h5-7,9H,3-4,8,10H2,1-2H3,(H,16,20)(H,17,18). The third-order valence-electron chi connectivity index (χ3n) is 2.91. The van der Waals surface area contributed by atoms with Crippen molar-refractivity contribution in [2.24, 2.45) is 0 Å². The van der Waals surface area contributed by atoms with E-state index in [4.69, 9.17) is 4.74 Å². The average molecular weight is 352 g/mol. The molecule has 0 bridgehead atoms. The number of ether oxygens (including phenoxy) is 1. The summed E-state index contributed by atoms with van der Waals surface area (Å²) in [6, 6.07) is 7.59. The van der Waals surface area contributed by atoms with Crippen molar-refractivity contribution in [3.05, 3.63) is 24.3 Å². The summed E-state index contributed by atoms with van der Waals surface area (Å²) < 4.78 is 5.95. The summed E-state index contributed by atoms with van der Waals surface area (Å²) in [4.78, 5) is 11.7. The number of anilines is 2. The van der Waals surface area contributed by atoms with Crippen molar-refractivity contribution in [2.75, 3.05) is 24.7 Å². The molecule has 1 aromatic carbocycles. The van der Waals surface area contributed by atoms with Gasteiger partial charge in [-0.25, -0.2) is 0 Å². The molecule has 1 heterocycles. The van der Waals surface area contributed by atoms with Gasteiger partial charge in [-0.05, 0) is 18.6 Å². The van der Waals surface area contributed by atoms with Crippen LogP contribution in [0.15, 0.2) is 28.6 Å². The number of hydrogen-bond donors (Lipinski definition) is 2. The molecule has 2 N–H and O–H groups in total. The lowest BCUT2D eigenvalue weighted by molar-refractivity contribution is -0.118. The zero-order valence-corrected chi connectivity index (χ0v) is 14.8.